The Morgan fingerprint density at radius 3 is 2.50 bits per heavy atom. The lowest BCUT2D eigenvalue weighted by Gasteiger charge is -2.07. The molecular weight excluding hydrogens is 274 g/mol. The number of benzene rings is 2. The van der Waals surface area contributed by atoms with Crippen molar-refractivity contribution in [3.63, 3.8) is 0 Å². The summed E-state index contributed by atoms with van der Waals surface area (Å²) >= 11 is 0. The minimum Gasteiger partial charge on any atom is -0.456 e. The summed E-state index contributed by atoms with van der Waals surface area (Å²) in [5.41, 5.74) is 2.98. The number of allylic oxidation sites excluding steroid dienone is 2. The first-order valence-corrected chi connectivity index (χ1v) is 7.06. The summed E-state index contributed by atoms with van der Waals surface area (Å²) in [6.07, 6.45) is 7.30. The lowest BCUT2D eigenvalue weighted by Crippen LogP contribution is -2.15. The van der Waals surface area contributed by atoms with Crippen molar-refractivity contribution in [1.82, 2.24) is 0 Å². The third kappa shape index (κ3) is 3.38. The van der Waals surface area contributed by atoms with Crippen molar-refractivity contribution < 1.29 is 9.53 Å². The Morgan fingerprint density at radius 2 is 1.64 bits per heavy atom. The van der Waals surface area contributed by atoms with Gasteiger partial charge in [0.05, 0.1) is 5.69 Å². The second-order valence-corrected chi connectivity index (χ2v) is 4.84. The van der Waals surface area contributed by atoms with E-state index in [2.05, 4.69) is 4.99 Å². The molecule has 0 unspecified atom stereocenters. The standard InChI is InChI=1S/C19H15NO2/c21-19(22-14-15-8-2-1-3-9-15)18-13-7-5-11-16-10-4-6-12-17(16)20-18/h1-13H,14H2/b7-5?,11-5-,13-7-,16-11?,18-13?,20-17?,20-18?. The van der Waals surface area contributed by atoms with Gasteiger partial charge in [0.25, 0.3) is 0 Å². The molecule has 3 rings (SSSR count). The Kier molecular flexibility index (Phi) is 4.25. The molecule has 0 fully saturated rings. The predicted molar refractivity (Wildman–Crippen MR) is 87.9 cm³/mol. The van der Waals surface area contributed by atoms with Crippen molar-refractivity contribution in [1.29, 1.82) is 0 Å². The van der Waals surface area contributed by atoms with E-state index >= 15 is 0 Å². The van der Waals surface area contributed by atoms with Crippen molar-refractivity contribution in [2.45, 2.75) is 6.61 Å². The maximum Gasteiger partial charge on any atom is 0.357 e. The van der Waals surface area contributed by atoms with Gasteiger partial charge >= 0.3 is 5.97 Å². The van der Waals surface area contributed by atoms with Crippen LogP contribution in [0.5, 0.6) is 0 Å². The molecule has 0 bridgehead atoms. The molecule has 1 aliphatic rings. The number of carbonyl (C=O) groups is 1. The highest BCUT2D eigenvalue weighted by atomic mass is 16.5. The number of aliphatic imine (C=N–C) groups is 1. The van der Waals surface area contributed by atoms with E-state index in [1.165, 1.54) is 0 Å². The van der Waals surface area contributed by atoms with E-state index < -0.39 is 5.97 Å². The zero-order valence-corrected chi connectivity index (χ0v) is 12.0. The molecule has 0 spiro atoms. The van der Waals surface area contributed by atoms with Crippen LogP contribution in [0.15, 0.2) is 77.8 Å². The quantitative estimate of drug-likeness (QED) is 0.798. The first-order valence-electron chi connectivity index (χ1n) is 7.06. The summed E-state index contributed by atoms with van der Waals surface area (Å²) in [6, 6.07) is 17.3. The van der Waals surface area contributed by atoms with E-state index in [1.54, 1.807) is 12.2 Å². The fraction of sp³-hybridized carbons (Fsp3) is 0.0526. The number of rotatable bonds is 3. The van der Waals surface area contributed by atoms with Crippen LogP contribution < -0.4 is 0 Å². The highest BCUT2D eigenvalue weighted by Gasteiger charge is 2.12. The van der Waals surface area contributed by atoms with Gasteiger partial charge in [0.2, 0.25) is 0 Å². The minimum absolute atomic E-state index is 0.240. The van der Waals surface area contributed by atoms with Gasteiger partial charge in [-0.15, -0.1) is 0 Å². The zero-order valence-electron chi connectivity index (χ0n) is 12.0. The monoisotopic (exact) mass is 289 g/mol. The molecule has 22 heavy (non-hydrogen) atoms. The van der Waals surface area contributed by atoms with Gasteiger partial charge in [0.15, 0.2) is 0 Å². The largest absolute Gasteiger partial charge is 0.456 e. The van der Waals surface area contributed by atoms with Gasteiger partial charge < -0.3 is 4.74 Å². The maximum absolute atomic E-state index is 12.2. The fourth-order valence-electron chi connectivity index (χ4n) is 2.11. The molecule has 0 saturated carbocycles. The Balaban J connectivity index is 1.78. The molecule has 0 atom stereocenters. The van der Waals surface area contributed by atoms with Crippen molar-refractivity contribution in [3.8, 4) is 0 Å². The van der Waals surface area contributed by atoms with Crippen LogP contribution in [-0.2, 0) is 16.1 Å². The Labute approximate surface area is 129 Å². The molecule has 2 aromatic carbocycles. The van der Waals surface area contributed by atoms with Crippen molar-refractivity contribution in [3.05, 3.63) is 84.0 Å². The van der Waals surface area contributed by atoms with Gasteiger partial charge in [0, 0.05) is 5.56 Å². The van der Waals surface area contributed by atoms with Crippen LogP contribution in [0.4, 0.5) is 5.69 Å². The second-order valence-electron chi connectivity index (χ2n) is 4.84. The molecule has 0 N–H and O–H groups in total. The van der Waals surface area contributed by atoms with Crippen LogP contribution in [0.2, 0.25) is 0 Å². The van der Waals surface area contributed by atoms with Gasteiger partial charge in [-0.3, -0.25) is 0 Å². The van der Waals surface area contributed by atoms with E-state index in [9.17, 15) is 4.79 Å². The highest BCUT2D eigenvalue weighted by Crippen LogP contribution is 2.22. The van der Waals surface area contributed by atoms with Crippen molar-refractivity contribution >= 4 is 23.4 Å². The lowest BCUT2D eigenvalue weighted by molar-refractivity contribution is -0.136. The number of hydrogen-bond acceptors (Lipinski definition) is 3. The smallest absolute Gasteiger partial charge is 0.357 e. The van der Waals surface area contributed by atoms with E-state index in [0.717, 1.165) is 16.8 Å². The van der Waals surface area contributed by atoms with E-state index in [-0.39, 0.29) is 6.61 Å². The maximum atomic E-state index is 12.2. The second kappa shape index (κ2) is 6.68. The number of para-hydroxylation sites is 1. The number of hydrogen-bond donors (Lipinski definition) is 0. The number of nitrogens with zero attached hydrogens (tertiary/aromatic N) is 1. The first-order chi connectivity index (χ1) is 10.8. The average Bonchev–Trinajstić information content (AvgIpc) is 2.54. The van der Waals surface area contributed by atoms with Crippen LogP contribution in [0.3, 0.4) is 0 Å². The van der Waals surface area contributed by atoms with Crippen LogP contribution in [0.1, 0.15) is 11.1 Å². The summed E-state index contributed by atoms with van der Waals surface area (Å²) in [5.74, 6) is -0.426. The van der Waals surface area contributed by atoms with E-state index in [4.69, 9.17) is 4.74 Å². The number of esters is 1. The molecule has 1 aliphatic heterocycles. The van der Waals surface area contributed by atoms with Crippen LogP contribution >= 0.6 is 0 Å². The van der Waals surface area contributed by atoms with Gasteiger partial charge in [-0.25, -0.2) is 9.79 Å². The van der Waals surface area contributed by atoms with E-state index in [1.807, 2.05) is 66.7 Å². The first kappa shape index (κ1) is 14.0. The molecular formula is C19H15NO2. The lowest BCUT2D eigenvalue weighted by atomic mass is 10.1. The SMILES string of the molecule is O=C(OCc1ccccc1)C1=Nc2ccccc2/C=C\C=C/1. The summed E-state index contributed by atoms with van der Waals surface area (Å²) in [6.45, 7) is 0.240. The summed E-state index contributed by atoms with van der Waals surface area (Å²) in [7, 11) is 0. The Bertz CT molecular complexity index is 758. The molecule has 3 nitrogen and oxygen atoms in total. The molecule has 108 valence electrons. The van der Waals surface area contributed by atoms with Gasteiger partial charge in [0.1, 0.15) is 12.3 Å². The molecule has 0 amide bonds. The molecule has 2 aromatic rings. The number of fused-ring (bicyclic) bond motifs is 1. The van der Waals surface area contributed by atoms with Crippen molar-refractivity contribution in [2.24, 2.45) is 4.99 Å². The third-order valence-electron chi connectivity index (χ3n) is 3.24. The average molecular weight is 289 g/mol. The van der Waals surface area contributed by atoms with Gasteiger partial charge in [-0.2, -0.15) is 0 Å². The Hall–Kier alpha value is -2.94. The number of ether oxygens (including phenoxy) is 1. The van der Waals surface area contributed by atoms with Crippen LogP contribution in [0.25, 0.3) is 6.08 Å². The summed E-state index contributed by atoms with van der Waals surface area (Å²) in [5, 5.41) is 0. The number of carbonyl (C=O) groups excluding carboxylic acids is 1. The fourth-order valence-corrected chi connectivity index (χ4v) is 2.11. The zero-order chi connectivity index (χ0) is 15.2. The molecule has 0 aromatic heterocycles. The topological polar surface area (TPSA) is 38.7 Å². The highest BCUT2D eigenvalue weighted by molar-refractivity contribution is 6.41. The molecule has 0 radical (unpaired) electrons. The molecule has 0 aliphatic carbocycles. The Morgan fingerprint density at radius 1 is 0.909 bits per heavy atom. The van der Waals surface area contributed by atoms with E-state index in [0.29, 0.717) is 5.71 Å². The van der Waals surface area contributed by atoms with Gasteiger partial charge in [-0.1, -0.05) is 66.8 Å². The summed E-state index contributed by atoms with van der Waals surface area (Å²) in [4.78, 5) is 16.6. The third-order valence-corrected chi connectivity index (χ3v) is 3.24. The normalized spacial score (nSPS) is 15.7. The predicted octanol–water partition coefficient (Wildman–Crippen LogP) is 4.09. The summed E-state index contributed by atoms with van der Waals surface area (Å²) < 4.78 is 5.33. The minimum atomic E-state index is -0.426. The van der Waals surface area contributed by atoms with Gasteiger partial charge in [-0.05, 0) is 17.7 Å². The van der Waals surface area contributed by atoms with Crippen LogP contribution in [-0.4, -0.2) is 11.7 Å². The van der Waals surface area contributed by atoms with Crippen molar-refractivity contribution in [2.75, 3.05) is 0 Å². The van der Waals surface area contributed by atoms with Crippen LogP contribution in [0, 0.1) is 0 Å². The molecule has 1 heterocycles. The molecule has 3 heteroatoms. The molecule has 0 saturated heterocycles.